The van der Waals surface area contributed by atoms with E-state index < -0.39 is 23.8 Å². The average molecular weight is 411 g/mol. The third-order valence-corrected chi connectivity index (χ3v) is 8.56. The first-order valence-corrected chi connectivity index (χ1v) is 11.3. The Morgan fingerprint density at radius 1 is 1.03 bits per heavy atom. The zero-order valence-corrected chi connectivity index (χ0v) is 17.7. The largest absolute Gasteiger partial charge is 0.508 e. The van der Waals surface area contributed by atoms with E-state index in [1.54, 1.807) is 6.07 Å². The molecule has 0 radical (unpaired) electrons. The van der Waals surface area contributed by atoms with E-state index in [1.165, 1.54) is 0 Å². The lowest BCUT2D eigenvalue weighted by atomic mass is 9.56. The van der Waals surface area contributed by atoms with Crippen molar-refractivity contribution in [1.29, 1.82) is 0 Å². The molecular formula is C25H30O5. The van der Waals surface area contributed by atoms with Crippen LogP contribution in [0.2, 0.25) is 0 Å². The SMILES string of the molecule is C[C@H]1[C@H](c2c(O)ccc3ccccc23)O[C@@H]2O[C@]3(C)O[C@]24[C@H]1CC[C@@H](C)[C@@H]4C[C@H]3O. The van der Waals surface area contributed by atoms with Gasteiger partial charge in [0.25, 0.3) is 0 Å². The molecule has 2 aromatic carbocycles. The second-order valence-electron chi connectivity index (χ2n) is 10.1. The Morgan fingerprint density at radius 3 is 2.67 bits per heavy atom. The zero-order valence-electron chi connectivity index (χ0n) is 17.7. The number of hydrogen-bond acceptors (Lipinski definition) is 5. The summed E-state index contributed by atoms with van der Waals surface area (Å²) in [7, 11) is 0. The standard InChI is InChI=1S/C25H30O5/c1-13-8-10-17-14(2)22(21-16-7-5-4-6-15(16)9-11-19(21)26)28-23-25(17)18(13)12-20(27)24(3,29-23)30-25/h4-7,9,11,13-14,17-18,20,22-23,26-27H,8,10,12H2,1-3H3/t13-,14-,17+,18+,20-,22-,23-,24-,25+/m1/s1. The zero-order chi connectivity index (χ0) is 20.8. The van der Waals surface area contributed by atoms with E-state index in [0.717, 1.165) is 29.2 Å². The van der Waals surface area contributed by atoms with Crippen LogP contribution >= 0.6 is 0 Å². The Bertz CT molecular complexity index is 1010. The number of phenols is 1. The molecule has 1 saturated carbocycles. The molecule has 0 amide bonds. The molecule has 4 aliphatic rings. The number of rotatable bonds is 1. The monoisotopic (exact) mass is 410 g/mol. The van der Waals surface area contributed by atoms with E-state index in [9.17, 15) is 10.2 Å². The summed E-state index contributed by atoms with van der Waals surface area (Å²) in [5.74, 6) is 0.269. The maximum atomic E-state index is 10.9. The summed E-state index contributed by atoms with van der Waals surface area (Å²) in [6, 6.07) is 11.8. The van der Waals surface area contributed by atoms with Crippen LogP contribution in [0.4, 0.5) is 0 Å². The third-order valence-electron chi connectivity index (χ3n) is 8.56. The molecule has 2 aromatic rings. The number of phenolic OH excluding ortho intramolecular Hbond substituents is 1. The number of hydrogen-bond donors (Lipinski definition) is 2. The van der Waals surface area contributed by atoms with Gasteiger partial charge in [-0.25, -0.2) is 0 Å². The van der Waals surface area contributed by atoms with Crippen molar-refractivity contribution >= 4 is 10.8 Å². The first kappa shape index (κ1) is 19.1. The second kappa shape index (κ2) is 6.19. The molecule has 5 nitrogen and oxygen atoms in total. The van der Waals surface area contributed by atoms with Crippen LogP contribution in [0.1, 0.15) is 51.7 Å². The highest BCUT2D eigenvalue weighted by Gasteiger charge is 2.73. The van der Waals surface area contributed by atoms with E-state index in [2.05, 4.69) is 19.9 Å². The molecule has 5 heteroatoms. The molecule has 1 aliphatic carbocycles. The Morgan fingerprint density at radius 2 is 1.83 bits per heavy atom. The van der Waals surface area contributed by atoms with E-state index >= 15 is 0 Å². The first-order valence-electron chi connectivity index (χ1n) is 11.3. The summed E-state index contributed by atoms with van der Waals surface area (Å²) < 4.78 is 19.7. The van der Waals surface area contributed by atoms with Crippen LogP contribution in [0.15, 0.2) is 36.4 Å². The van der Waals surface area contributed by atoms with Crippen molar-refractivity contribution in [2.45, 2.75) is 69.9 Å². The molecule has 30 heavy (non-hydrogen) atoms. The molecular weight excluding hydrogens is 380 g/mol. The second-order valence-corrected chi connectivity index (χ2v) is 10.1. The maximum absolute atomic E-state index is 10.9. The summed E-state index contributed by atoms with van der Waals surface area (Å²) in [5.41, 5.74) is 0.309. The summed E-state index contributed by atoms with van der Waals surface area (Å²) in [6.07, 6.45) is 1.32. The molecule has 0 unspecified atom stereocenters. The minimum Gasteiger partial charge on any atom is -0.508 e. The van der Waals surface area contributed by atoms with Crippen LogP contribution < -0.4 is 0 Å². The minimum atomic E-state index is -1.04. The summed E-state index contributed by atoms with van der Waals surface area (Å²) in [6.45, 7) is 6.32. The smallest absolute Gasteiger partial charge is 0.195 e. The van der Waals surface area contributed by atoms with Gasteiger partial charge in [0.2, 0.25) is 0 Å². The van der Waals surface area contributed by atoms with Crippen molar-refractivity contribution in [3.8, 4) is 5.75 Å². The topological polar surface area (TPSA) is 68.2 Å². The Labute approximate surface area is 176 Å². The van der Waals surface area contributed by atoms with Crippen molar-refractivity contribution in [2.24, 2.45) is 23.7 Å². The Balaban J connectivity index is 1.50. The fourth-order valence-corrected chi connectivity index (χ4v) is 7.03. The van der Waals surface area contributed by atoms with Gasteiger partial charge in [-0.3, -0.25) is 0 Å². The molecule has 3 heterocycles. The van der Waals surface area contributed by atoms with Gasteiger partial charge in [-0.05, 0) is 66.7 Å². The number of aliphatic hydroxyl groups is 1. The van der Waals surface area contributed by atoms with Crippen molar-refractivity contribution < 1.29 is 24.4 Å². The Hall–Kier alpha value is -1.66. The third kappa shape index (κ3) is 2.27. The number of fused-ring (bicyclic) bond motifs is 2. The predicted octanol–water partition coefficient (Wildman–Crippen LogP) is 4.51. The first-order chi connectivity index (χ1) is 14.3. The van der Waals surface area contributed by atoms with Gasteiger partial charge in [0, 0.05) is 5.56 Å². The summed E-state index contributed by atoms with van der Waals surface area (Å²) in [5, 5.41) is 23.8. The van der Waals surface area contributed by atoms with Crippen molar-refractivity contribution in [3.63, 3.8) is 0 Å². The molecule has 4 fully saturated rings. The van der Waals surface area contributed by atoms with Crippen molar-refractivity contribution in [1.82, 2.24) is 0 Å². The van der Waals surface area contributed by atoms with Gasteiger partial charge in [0.15, 0.2) is 12.1 Å². The molecule has 0 aromatic heterocycles. The minimum absolute atomic E-state index is 0.147. The van der Waals surface area contributed by atoms with Gasteiger partial charge in [0.05, 0.1) is 6.10 Å². The highest BCUT2D eigenvalue weighted by Crippen LogP contribution is 2.65. The van der Waals surface area contributed by atoms with Crippen LogP contribution in [-0.4, -0.2) is 34.0 Å². The number of ether oxygens (including phenoxy) is 3. The fraction of sp³-hybridized carbons (Fsp3) is 0.600. The molecule has 3 saturated heterocycles. The van der Waals surface area contributed by atoms with Crippen molar-refractivity contribution in [2.75, 3.05) is 0 Å². The molecule has 9 atom stereocenters. The molecule has 1 spiro atoms. The normalized spacial score (nSPS) is 47.3. The highest BCUT2D eigenvalue weighted by atomic mass is 16.8. The van der Waals surface area contributed by atoms with Gasteiger partial charge >= 0.3 is 0 Å². The van der Waals surface area contributed by atoms with Crippen LogP contribution in [-0.2, 0) is 14.2 Å². The quantitative estimate of drug-likeness (QED) is 0.724. The van der Waals surface area contributed by atoms with Crippen molar-refractivity contribution in [3.05, 3.63) is 42.0 Å². The van der Waals surface area contributed by atoms with E-state index in [-0.39, 0.29) is 29.6 Å². The van der Waals surface area contributed by atoms with Crippen LogP contribution in [0.25, 0.3) is 10.8 Å². The van der Waals surface area contributed by atoms with Crippen LogP contribution in [0, 0.1) is 23.7 Å². The number of aliphatic hydroxyl groups excluding tert-OH is 1. The Kier molecular flexibility index (Phi) is 3.93. The van der Waals surface area contributed by atoms with Gasteiger partial charge in [0.1, 0.15) is 17.5 Å². The summed E-state index contributed by atoms with van der Waals surface area (Å²) >= 11 is 0. The fourth-order valence-electron chi connectivity index (χ4n) is 7.03. The van der Waals surface area contributed by atoms with E-state index in [1.807, 2.05) is 31.2 Å². The van der Waals surface area contributed by atoms with Crippen LogP contribution in [0.3, 0.4) is 0 Å². The lowest BCUT2D eigenvalue weighted by Gasteiger charge is -2.59. The number of aromatic hydroxyl groups is 1. The lowest BCUT2D eigenvalue weighted by Crippen LogP contribution is -2.66. The lowest BCUT2D eigenvalue weighted by molar-refractivity contribution is -0.305. The van der Waals surface area contributed by atoms with Gasteiger partial charge in [-0.2, -0.15) is 0 Å². The predicted molar refractivity (Wildman–Crippen MR) is 112 cm³/mol. The number of benzene rings is 2. The maximum Gasteiger partial charge on any atom is 0.195 e. The molecule has 2 N–H and O–H groups in total. The van der Waals surface area contributed by atoms with Gasteiger partial charge < -0.3 is 24.4 Å². The molecule has 6 rings (SSSR count). The summed E-state index contributed by atoms with van der Waals surface area (Å²) in [4.78, 5) is 0. The average Bonchev–Trinajstić information content (AvgIpc) is 2.99. The molecule has 3 aliphatic heterocycles. The molecule has 2 bridgehead atoms. The highest BCUT2D eigenvalue weighted by molar-refractivity contribution is 5.88. The van der Waals surface area contributed by atoms with E-state index in [0.29, 0.717) is 12.3 Å². The van der Waals surface area contributed by atoms with Crippen LogP contribution in [0.5, 0.6) is 5.75 Å². The van der Waals surface area contributed by atoms with Gasteiger partial charge in [-0.15, -0.1) is 0 Å². The molecule has 160 valence electrons. The van der Waals surface area contributed by atoms with E-state index in [4.69, 9.17) is 14.2 Å². The van der Waals surface area contributed by atoms with Gasteiger partial charge in [-0.1, -0.05) is 44.2 Å².